The summed E-state index contributed by atoms with van der Waals surface area (Å²) in [5, 5.41) is 3.07. The molecule has 3 rings (SSSR count). The van der Waals surface area contributed by atoms with Gasteiger partial charge in [0.05, 0.1) is 7.11 Å². The molecule has 1 aromatic heterocycles. The summed E-state index contributed by atoms with van der Waals surface area (Å²) in [4.78, 5) is 16.9. The number of benzene rings is 1. The first-order valence-corrected chi connectivity index (χ1v) is 7.73. The maximum Gasteiger partial charge on any atom is 0.249 e. The second-order valence-corrected chi connectivity index (χ2v) is 5.58. The van der Waals surface area contributed by atoms with Crippen LogP contribution in [0.1, 0.15) is 30.3 Å². The summed E-state index contributed by atoms with van der Waals surface area (Å²) in [6.45, 7) is 0.639. The summed E-state index contributed by atoms with van der Waals surface area (Å²) in [7, 11) is 3.53. The highest BCUT2D eigenvalue weighted by Gasteiger charge is 2.29. The van der Waals surface area contributed by atoms with E-state index in [2.05, 4.69) is 10.3 Å². The van der Waals surface area contributed by atoms with Crippen LogP contribution >= 0.6 is 0 Å². The number of nitrogens with one attached hydrogen (secondary N) is 1. The summed E-state index contributed by atoms with van der Waals surface area (Å²) >= 11 is 0. The van der Waals surface area contributed by atoms with Gasteiger partial charge >= 0.3 is 0 Å². The molecule has 0 radical (unpaired) electrons. The Kier molecular flexibility index (Phi) is 4.62. The highest BCUT2D eigenvalue weighted by molar-refractivity contribution is 5.81. The quantitative estimate of drug-likeness (QED) is 0.914. The van der Waals surface area contributed by atoms with Crippen LogP contribution in [0.25, 0.3) is 0 Å². The number of carbonyl (C=O) groups excluding carboxylic acids is 1. The number of carbonyl (C=O) groups is 1. The standard InChI is InChI=1S/C17H21N3O3/c1-20-10-9-18-16(20)15(12-6-3-4-7-13(12)22-2)19-17(21)14-8-5-11-23-14/h3-4,6-7,9-10,14-15H,5,8,11H2,1-2H3,(H,19,21)/t14-,15-/m1/s1. The Hall–Kier alpha value is -2.34. The van der Waals surface area contributed by atoms with Gasteiger partial charge in [-0.3, -0.25) is 4.79 Å². The lowest BCUT2D eigenvalue weighted by Crippen LogP contribution is -2.38. The van der Waals surface area contributed by atoms with Crippen molar-refractivity contribution in [3.05, 3.63) is 48.0 Å². The van der Waals surface area contributed by atoms with Crippen molar-refractivity contribution in [3.63, 3.8) is 0 Å². The van der Waals surface area contributed by atoms with Crippen LogP contribution in [0.3, 0.4) is 0 Å². The van der Waals surface area contributed by atoms with Gasteiger partial charge in [0, 0.05) is 31.6 Å². The molecule has 0 aliphatic carbocycles. The lowest BCUT2D eigenvalue weighted by atomic mass is 10.0. The number of aromatic nitrogens is 2. The van der Waals surface area contributed by atoms with E-state index in [0.717, 1.165) is 24.2 Å². The van der Waals surface area contributed by atoms with E-state index in [-0.39, 0.29) is 18.1 Å². The number of hydrogen-bond donors (Lipinski definition) is 1. The van der Waals surface area contributed by atoms with Crippen molar-refractivity contribution < 1.29 is 14.3 Å². The normalized spacial score (nSPS) is 18.6. The van der Waals surface area contributed by atoms with Crippen LogP contribution in [0, 0.1) is 0 Å². The van der Waals surface area contributed by atoms with Gasteiger partial charge in [0.1, 0.15) is 23.7 Å². The van der Waals surface area contributed by atoms with E-state index in [1.165, 1.54) is 0 Å². The molecule has 0 bridgehead atoms. The smallest absolute Gasteiger partial charge is 0.249 e. The Morgan fingerprint density at radius 2 is 2.30 bits per heavy atom. The van der Waals surface area contributed by atoms with Crippen LogP contribution < -0.4 is 10.1 Å². The largest absolute Gasteiger partial charge is 0.496 e. The minimum absolute atomic E-state index is 0.110. The second-order valence-electron chi connectivity index (χ2n) is 5.58. The van der Waals surface area contributed by atoms with Crippen molar-refractivity contribution in [3.8, 4) is 5.75 Å². The van der Waals surface area contributed by atoms with Gasteiger partial charge in [-0.2, -0.15) is 0 Å². The molecular weight excluding hydrogens is 294 g/mol. The zero-order chi connectivity index (χ0) is 16.2. The van der Waals surface area contributed by atoms with E-state index in [9.17, 15) is 4.79 Å². The van der Waals surface area contributed by atoms with Gasteiger partial charge in [0.2, 0.25) is 5.91 Å². The molecule has 23 heavy (non-hydrogen) atoms. The Morgan fingerprint density at radius 3 is 2.96 bits per heavy atom. The third-order valence-electron chi connectivity index (χ3n) is 4.08. The number of aryl methyl sites for hydroxylation is 1. The first-order valence-electron chi connectivity index (χ1n) is 7.73. The van der Waals surface area contributed by atoms with Gasteiger partial charge in [-0.25, -0.2) is 4.98 Å². The van der Waals surface area contributed by atoms with Crippen molar-refractivity contribution >= 4 is 5.91 Å². The summed E-state index contributed by atoms with van der Waals surface area (Å²) in [6.07, 6.45) is 4.86. The first kappa shape index (κ1) is 15.6. The van der Waals surface area contributed by atoms with Crippen LogP contribution in [0.2, 0.25) is 0 Å². The molecule has 1 aromatic carbocycles. The van der Waals surface area contributed by atoms with E-state index >= 15 is 0 Å². The van der Waals surface area contributed by atoms with Crippen molar-refractivity contribution in [1.82, 2.24) is 14.9 Å². The third kappa shape index (κ3) is 3.22. The molecule has 2 aromatic rings. The predicted octanol–water partition coefficient (Wildman–Crippen LogP) is 1.81. The van der Waals surface area contributed by atoms with Crippen molar-refractivity contribution in [2.24, 2.45) is 7.05 Å². The number of para-hydroxylation sites is 1. The van der Waals surface area contributed by atoms with Crippen molar-refractivity contribution in [1.29, 1.82) is 0 Å². The highest BCUT2D eigenvalue weighted by Crippen LogP contribution is 2.29. The Morgan fingerprint density at radius 1 is 1.48 bits per heavy atom. The van der Waals surface area contributed by atoms with E-state index in [0.29, 0.717) is 12.4 Å². The van der Waals surface area contributed by atoms with Gasteiger partial charge in [0.25, 0.3) is 0 Å². The Balaban J connectivity index is 1.94. The maximum atomic E-state index is 12.5. The second kappa shape index (κ2) is 6.83. The molecule has 1 amide bonds. The minimum atomic E-state index is -0.386. The Labute approximate surface area is 135 Å². The fraction of sp³-hybridized carbons (Fsp3) is 0.412. The summed E-state index contributed by atoms with van der Waals surface area (Å²) in [5.41, 5.74) is 0.871. The third-order valence-corrected chi connectivity index (χ3v) is 4.08. The molecule has 2 heterocycles. The van der Waals surface area contributed by atoms with Crippen LogP contribution in [0.5, 0.6) is 5.75 Å². The SMILES string of the molecule is COc1ccccc1[C@@H](NC(=O)[C@H]1CCCO1)c1nccn1C. The zero-order valence-electron chi connectivity index (χ0n) is 13.4. The molecule has 6 nitrogen and oxygen atoms in total. The van der Waals surface area contributed by atoms with Crippen molar-refractivity contribution in [2.75, 3.05) is 13.7 Å². The summed E-state index contributed by atoms with van der Waals surface area (Å²) in [6, 6.07) is 7.26. The topological polar surface area (TPSA) is 65.4 Å². The number of methoxy groups -OCH3 is 1. The number of amides is 1. The molecule has 122 valence electrons. The molecule has 6 heteroatoms. The first-order chi connectivity index (χ1) is 11.2. The fourth-order valence-electron chi connectivity index (χ4n) is 2.86. The van der Waals surface area contributed by atoms with Gasteiger partial charge in [-0.05, 0) is 18.9 Å². The summed E-state index contributed by atoms with van der Waals surface area (Å²) < 4.78 is 12.8. The van der Waals surface area contributed by atoms with E-state index in [1.54, 1.807) is 13.3 Å². The number of imidazole rings is 1. The molecule has 1 aliphatic rings. The molecule has 0 unspecified atom stereocenters. The minimum Gasteiger partial charge on any atom is -0.496 e. The fourth-order valence-corrected chi connectivity index (χ4v) is 2.86. The monoisotopic (exact) mass is 315 g/mol. The van der Waals surface area contributed by atoms with E-state index in [1.807, 2.05) is 42.1 Å². The van der Waals surface area contributed by atoms with E-state index in [4.69, 9.17) is 9.47 Å². The lowest BCUT2D eigenvalue weighted by Gasteiger charge is -2.22. The molecule has 2 atom stereocenters. The van der Waals surface area contributed by atoms with Gasteiger partial charge in [0.15, 0.2) is 0 Å². The molecular formula is C17H21N3O3. The van der Waals surface area contributed by atoms with Crippen LogP contribution in [0.4, 0.5) is 0 Å². The summed E-state index contributed by atoms with van der Waals surface area (Å²) in [5.74, 6) is 1.36. The molecule has 1 N–H and O–H groups in total. The number of ether oxygens (including phenoxy) is 2. The number of nitrogens with zero attached hydrogens (tertiary/aromatic N) is 2. The van der Waals surface area contributed by atoms with E-state index < -0.39 is 0 Å². The van der Waals surface area contributed by atoms with Crippen LogP contribution in [-0.4, -0.2) is 35.3 Å². The highest BCUT2D eigenvalue weighted by atomic mass is 16.5. The number of hydrogen-bond acceptors (Lipinski definition) is 4. The van der Waals surface area contributed by atoms with Gasteiger partial charge < -0.3 is 19.4 Å². The van der Waals surface area contributed by atoms with Crippen LogP contribution in [-0.2, 0) is 16.6 Å². The average molecular weight is 315 g/mol. The molecule has 1 fully saturated rings. The average Bonchev–Trinajstić information content (AvgIpc) is 3.24. The molecule has 1 aliphatic heterocycles. The number of rotatable bonds is 5. The molecule has 0 saturated carbocycles. The lowest BCUT2D eigenvalue weighted by molar-refractivity contribution is -0.130. The van der Waals surface area contributed by atoms with Crippen molar-refractivity contribution in [2.45, 2.75) is 25.0 Å². The van der Waals surface area contributed by atoms with Crippen LogP contribution in [0.15, 0.2) is 36.7 Å². The van der Waals surface area contributed by atoms with Gasteiger partial charge in [-0.15, -0.1) is 0 Å². The zero-order valence-corrected chi connectivity index (χ0v) is 13.4. The molecule has 1 saturated heterocycles. The van der Waals surface area contributed by atoms with Gasteiger partial charge in [-0.1, -0.05) is 18.2 Å². The predicted molar refractivity (Wildman–Crippen MR) is 85.2 cm³/mol. The molecule has 0 spiro atoms. The Bertz CT molecular complexity index is 677. The maximum absolute atomic E-state index is 12.5.